The summed E-state index contributed by atoms with van der Waals surface area (Å²) in [6.45, 7) is 2.95. The molecule has 0 aliphatic carbocycles. The van der Waals surface area contributed by atoms with Crippen LogP contribution in [0.4, 0.5) is 5.69 Å². The predicted octanol–water partition coefficient (Wildman–Crippen LogP) is 2.90. The fourth-order valence-corrected chi connectivity index (χ4v) is 4.82. The van der Waals surface area contributed by atoms with E-state index < -0.39 is 10.0 Å². The number of hydrogen-bond donors (Lipinski definition) is 1. The second-order valence-electron chi connectivity index (χ2n) is 7.11. The zero-order valence-electron chi connectivity index (χ0n) is 16.7. The molecule has 1 aliphatic rings. The lowest BCUT2D eigenvalue weighted by Gasteiger charge is -2.34. The highest BCUT2D eigenvalue weighted by Gasteiger charge is 2.29. The second kappa shape index (κ2) is 9.59. The molecule has 1 aliphatic heterocycles. The average molecular weight is 450 g/mol. The van der Waals surface area contributed by atoms with Crippen molar-refractivity contribution in [1.82, 2.24) is 9.21 Å². The number of nitrogens with zero attached hydrogens (tertiary/aromatic N) is 2. The minimum absolute atomic E-state index is 0.0485. The van der Waals surface area contributed by atoms with Crippen molar-refractivity contribution in [3.8, 4) is 0 Å². The van der Waals surface area contributed by atoms with Crippen molar-refractivity contribution in [2.45, 2.75) is 24.7 Å². The average Bonchev–Trinajstić information content (AvgIpc) is 2.75. The summed E-state index contributed by atoms with van der Waals surface area (Å²) in [6.07, 6.45) is 0.115. The number of sulfonamides is 1. The number of rotatable bonds is 6. The summed E-state index contributed by atoms with van der Waals surface area (Å²) >= 11 is 6.05. The molecule has 1 saturated heterocycles. The lowest BCUT2D eigenvalue weighted by atomic mass is 10.2. The van der Waals surface area contributed by atoms with Crippen molar-refractivity contribution >= 4 is 39.1 Å². The van der Waals surface area contributed by atoms with Gasteiger partial charge in [0.1, 0.15) is 0 Å². The Balaban J connectivity index is 1.47. The molecule has 0 spiro atoms. The molecule has 0 aromatic heterocycles. The maximum absolute atomic E-state index is 12.7. The van der Waals surface area contributed by atoms with Gasteiger partial charge in [0.2, 0.25) is 21.8 Å². The van der Waals surface area contributed by atoms with Gasteiger partial charge in [-0.25, -0.2) is 8.42 Å². The van der Waals surface area contributed by atoms with Gasteiger partial charge >= 0.3 is 0 Å². The van der Waals surface area contributed by atoms with Crippen LogP contribution in [-0.4, -0.2) is 55.6 Å². The summed E-state index contributed by atoms with van der Waals surface area (Å²) in [5.41, 5.74) is 1.50. The first-order chi connectivity index (χ1) is 14.3. The molecular formula is C21H24ClN3O4S. The standard InChI is InChI=1S/C21H24ClN3O4S/c1-16-7-8-17(15-19(16)22)23-20(26)9-10-21(27)24-11-13-25(14-12-24)30(28,29)18-5-3-2-4-6-18/h2-8,15H,9-14H2,1H3,(H,23,26). The highest BCUT2D eigenvalue weighted by atomic mass is 35.5. The van der Waals surface area contributed by atoms with Gasteiger partial charge in [0.25, 0.3) is 0 Å². The largest absolute Gasteiger partial charge is 0.340 e. The van der Waals surface area contributed by atoms with E-state index in [1.165, 1.54) is 4.31 Å². The molecule has 7 nitrogen and oxygen atoms in total. The lowest BCUT2D eigenvalue weighted by Crippen LogP contribution is -2.50. The second-order valence-corrected chi connectivity index (χ2v) is 9.46. The van der Waals surface area contributed by atoms with Crippen LogP contribution in [-0.2, 0) is 19.6 Å². The molecule has 0 radical (unpaired) electrons. The Labute approximate surface area is 181 Å². The normalized spacial score (nSPS) is 15.1. The van der Waals surface area contributed by atoms with Gasteiger partial charge in [0, 0.05) is 49.7 Å². The minimum atomic E-state index is -3.56. The van der Waals surface area contributed by atoms with Crippen molar-refractivity contribution in [3.63, 3.8) is 0 Å². The number of nitrogens with one attached hydrogen (secondary N) is 1. The first-order valence-electron chi connectivity index (χ1n) is 9.66. The van der Waals surface area contributed by atoms with E-state index >= 15 is 0 Å². The first kappa shape index (κ1) is 22.3. The number of benzene rings is 2. The number of anilines is 1. The van der Waals surface area contributed by atoms with Crippen LogP contribution in [0.25, 0.3) is 0 Å². The Morgan fingerprint density at radius 1 is 1.00 bits per heavy atom. The first-order valence-corrected chi connectivity index (χ1v) is 11.5. The molecule has 160 valence electrons. The van der Waals surface area contributed by atoms with E-state index in [2.05, 4.69) is 5.32 Å². The predicted molar refractivity (Wildman–Crippen MR) is 116 cm³/mol. The van der Waals surface area contributed by atoms with Crippen molar-refractivity contribution < 1.29 is 18.0 Å². The van der Waals surface area contributed by atoms with Gasteiger partial charge in [-0.15, -0.1) is 0 Å². The summed E-state index contributed by atoms with van der Waals surface area (Å²) < 4.78 is 26.7. The molecule has 0 bridgehead atoms. The Morgan fingerprint density at radius 2 is 1.67 bits per heavy atom. The lowest BCUT2D eigenvalue weighted by molar-refractivity contribution is -0.133. The Bertz CT molecular complexity index is 1020. The van der Waals surface area contributed by atoms with Gasteiger partial charge in [-0.2, -0.15) is 4.31 Å². The van der Waals surface area contributed by atoms with Gasteiger partial charge in [-0.1, -0.05) is 35.9 Å². The van der Waals surface area contributed by atoms with E-state index in [-0.39, 0.29) is 42.6 Å². The van der Waals surface area contributed by atoms with Crippen LogP contribution in [0.15, 0.2) is 53.4 Å². The van der Waals surface area contributed by atoms with Crippen LogP contribution < -0.4 is 5.32 Å². The van der Waals surface area contributed by atoms with Crippen molar-refractivity contribution in [1.29, 1.82) is 0 Å². The third-order valence-electron chi connectivity index (χ3n) is 4.99. The molecule has 1 N–H and O–H groups in total. The molecule has 1 heterocycles. The van der Waals surface area contributed by atoms with Gasteiger partial charge in [0.15, 0.2) is 0 Å². The molecule has 9 heteroatoms. The summed E-state index contributed by atoms with van der Waals surface area (Å²) in [7, 11) is -3.56. The number of halogens is 1. The summed E-state index contributed by atoms with van der Waals surface area (Å²) in [5, 5.41) is 3.29. The number of piperazine rings is 1. The van der Waals surface area contributed by atoms with Crippen LogP contribution in [0.1, 0.15) is 18.4 Å². The smallest absolute Gasteiger partial charge is 0.243 e. The number of hydrogen-bond acceptors (Lipinski definition) is 4. The third kappa shape index (κ3) is 5.38. The fraction of sp³-hybridized carbons (Fsp3) is 0.333. The van der Waals surface area contributed by atoms with E-state index in [4.69, 9.17) is 11.6 Å². The van der Waals surface area contributed by atoms with Crippen LogP contribution in [0.5, 0.6) is 0 Å². The van der Waals surface area contributed by atoms with Crippen LogP contribution >= 0.6 is 11.6 Å². The number of aryl methyl sites for hydroxylation is 1. The monoisotopic (exact) mass is 449 g/mol. The number of carbonyl (C=O) groups excluding carboxylic acids is 2. The Hall–Kier alpha value is -2.42. The van der Waals surface area contributed by atoms with Crippen LogP contribution in [0, 0.1) is 6.92 Å². The molecule has 3 rings (SSSR count). The van der Waals surface area contributed by atoms with Crippen molar-refractivity contribution in [2.75, 3.05) is 31.5 Å². The highest BCUT2D eigenvalue weighted by molar-refractivity contribution is 7.89. The minimum Gasteiger partial charge on any atom is -0.340 e. The Kier molecular flexibility index (Phi) is 7.12. The third-order valence-corrected chi connectivity index (χ3v) is 7.31. The van der Waals surface area contributed by atoms with E-state index in [1.807, 2.05) is 13.0 Å². The highest BCUT2D eigenvalue weighted by Crippen LogP contribution is 2.20. The van der Waals surface area contributed by atoms with Crippen molar-refractivity contribution in [2.24, 2.45) is 0 Å². The summed E-state index contributed by atoms with van der Waals surface area (Å²) in [6, 6.07) is 13.5. The van der Waals surface area contributed by atoms with Gasteiger partial charge in [0.05, 0.1) is 4.90 Å². The van der Waals surface area contributed by atoms with Gasteiger partial charge in [-0.3, -0.25) is 9.59 Å². The van der Waals surface area contributed by atoms with E-state index in [0.29, 0.717) is 23.8 Å². The topological polar surface area (TPSA) is 86.8 Å². The van der Waals surface area contributed by atoms with E-state index in [9.17, 15) is 18.0 Å². The maximum atomic E-state index is 12.7. The molecular weight excluding hydrogens is 426 g/mol. The van der Waals surface area contributed by atoms with E-state index in [1.54, 1.807) is 47.4 Å². The fourth-order valence-electron chi connectivity index (χ4n) is 3.19. The van der Waals surface area contributed by atoms with Crippen LogP contribution in [0.3, 0.4) is 0 Å². The summed E-state index contributed by atoms with van der Waals surface area (Å²) in [4.78, 5) is 26.4. The summed E-state index contributed by atoms with van der Waals surface area (Å²) in [5.74, 6) is -0.433. The Morgan fingerprint density at radius 3 is 2.30 bits per heavy atom. The molecule has 1 fully saturated rings. The molecule has 2 amide bonds. The molecule has 2 aromatic rings. The number of carbonyl (C=O) groups is 2. The maximum Gasteiger partial charge on any atom is 0.243 e. The van der Waals surface area contributed by atoms with Crippen LogP contribution in [0.2, 0.25) is 5.02 Å². The quantitative estimate of drug-likeness (QED) is 0.734. The zero-order valence-corrected chi connectivity index (χ0v) is 18.2. The molecule has 0 atom stereocenters. The number of amides is 2. The molecule has 30 heavy (non-hydrogen) atoms. The van der Waals surface area contributed by atoms with E-state index in [0.717, 1.165) is 5.56 Å². The van der Waals surface area contributed by atoms with Gasteiger partial charge in [-0.05, 0) is 36.8 Å². The molecule has 2 aromatic carbocycles. The molecule has 0 saturated carbocycles. The molecule has 0 unspecified atom stereocenters. The SMILES string of the molecule is Cc1ccc(NC(=O)CCC(=O)N2CCN(S(=O)(=O)c3ccccc3)CC2)cc1Cl. The van der Waals surface area contributed by atoms with Gasteiger partial charge < -0.3 is 10.2 Å². The zero-order chi connectivity index (χ0) is 21.7. The van der Waals surface area contributed by atoms with Crippen molar-refractivity contribution in [3.05, 3.63) is 59.1 Å².